The van der Waals surface area contributed by atoms with E-state index in [1.54, 1.807) is 25.1 Å². The molecule has 0 bridgehead atoms. The molecule has 1 heterocycles. The van der Waals surface area contributed by atoms with Crippen LogP contribution in [-0.4, -0.2) is 39.8 Å². The first-order valence-electron chi connectivity index (χ1n) is 9.53. The van der Waals surface area contributed by atoms with Gasteiger partial charge in [0.2, 0.25) is 5.69 Å². The Morgan fingerprint density at radius 3 is 2.56 bits per heavy atom. The molecule has 0 aliphatic heterocycles. The molecule has 1 aromatic heterocycles. The molecule has 0 fully saturated rings. The molecule has 0 spiro atoms. The van der Waals surface area contributed by atoms with Crippen LogP contribution >= 0.6 is 11.6 Å². The third kappa shape index (κ3) is 5.61. The molecule has 2 aromatic carbocycles. The third-order valence-electron chi connectivity index (χ3n) is 4.27. The van der Waals surface area contributed by atoms with Crippen LogP contribution in [0.1, 0.15) is 23.0 Å². The number of nitrogens with one attached hydrogen (secondary N) is 1. The van der Waals surface area contributed by atoms with Crippen LogP contribution in [0.4, 0.5) is 5.69 Å². The van der Waals surface area contributed by atoms with Crippen molar-refractivity contribution in [2.75, 3.05) is 13.2 Å². The lowest BCUT2D eigenvalue weighted by molar-refractivity contribution is -0.384. The van der Waals surface area contributed by atoms with Crippen LogP contribution in [0.15, 0.2) is 54.7 Å². The molecule has 0 unspecified atom stereocenters. The van der Waals surface area contributed by atoms with Crippen molar-refractivity contribution < 1.29 is 24.0 Å². The Bertz CT molecular complexity index is 1130. The molecular formula is C21H19ClN4O6. The van der Waals surface area contributed by atoms with E-state index in [-0.39, 0.29) is 36.9 Å². The van der Waals surface area contributed by atoms with E-state index in [0.717, 1.165) is 5.56 Å². The van der Waals surface area contributed by atoms with Gasteiger partial charge in [-0.05, 0) is 30.7 Å². The Balaban J connectivity index is 1.72. The highest BCUT2D eigenvalue weighted by Crippen LogP contribution is 2.22. The third-order valence-corrected chi connectivity index (χ3v) is 4.64. The van der Waals surface area contributed by atoms with Crippen molar-refractivity contribution in [2.24, 2.45) is 0 Å². The van der Waals surface area contributed by atoms with Gasteiger partial charge in [0.15, 0.2) is 12.4 Å². The quantitative estimate of drug-likeness (QED) is 0.296. The van der Waals surface area contributed by atoms with Gasteiger partial charge < -0.3 is 14.8 Å². The summed E-state index contributed by atoms with van der Waals surface area (Å²) in [5.74, 6) is -1.11. The molecule has 32 heavy (non-hydrogen) atoms. The zero-order chi connectivity index (χ0) is 23.1. The highest BCUT2D eigenvalue weighted by Gasteiger charge is 2.21. The van der Waals surface area contributed by atoms with E-state index in [9.17, 15) is 19.7 Å². The molecule has 0 aliphatic carbocycles. The largest absolute Gasteiger partial charge is 0.480 e. The number of ether oxygens (including phenoxy) is 2. The number of rotatable bonds is 9. The molecule has 11 heteroatoms. The summed E-state index contributed by atoms with van der Waals surface area (Å²) >= 11 is 6.07. The number of aromatic nitrogens is 2. The van der Waals surface area contributed by atoms with Crippen LogP contribution < -0.4 is 10.1 Å². The van der Waals surface area contributed by atoms with Gasteiger partial charge in [-0.1, -0.05) is 29.8 Å². The van der Waals surface area contributed by atoms with Gasteiger partial charge in [0.25, 0.3) is 11.6 Å². The predicted octanol–water partition coefficient (Wildman–Crippen LogP) is 3.31. The van der Waals surface area contributed by atoms with Crippen molar-refractivity contribution in [1.82, 2.24) is 15.1 Å². The number of amides is 1. The predicted molar refractivity (Wildman–Crippen MR) is 115 cm³/mol. The van der Waals surface area contributed by atoms with Crippen molar-refractivity contribution in [3.05, 3.63) is 81.1 Å². The topological polar surface area (TPSA) is 126 Å². The first-order valence-corrected chi connectivity index (χ1v) is 9.91. The Morgan fingerprint density at radius 2 is 1.91 bits per heavy atom. The van der Waals surface area contributed by atoms with Crippen LogP contribution in [0, 0.1) is 10.1 Å². The van der Waals surface area contributed by atoms with Gasteiger partial charge in [-0.15, -0.1) is 0 Å². The lowest BCUT2D eigenvalue weighted by Crippen LogP contribution is -2.28. The summed E-state index contributed by atoms with van der Waals surface area (Å²) in [6.45, 7) is 1.62. The van der Waals surface area contributed by atoms with E-state index in [1.807, 2.05) is 6.07 Å². The molecule has 10 nitrogen and oxygen atoms in total. The first-order chi connectivity index (χ1) is 15.4. The first kappa shape index (κ1) is 22.8. The summed E-state index contributed by atoms with van der Waals surface area (Å²) in [7, 11) is 0. The summed E-state index contributed by atoms with van der Waals surface area (Å²) in [6, 6.07) is 12.7. The summed E-state index contributed by atoms with van der Waals surface area (Å²) in [5.41, 5.74) is 1.00. The number of benzene rings is 2. The van der Waals surface area contributed by atoms with E-state index in [1.165, 1.54) is 35.1 Å². The van der Waals surface area contributed by atoms with E-state index in [0.29, 0.717) is 10.7 Å². The van der Waals surface area contributed by atoms with Gasteiger partial charge in [0.05, 0.1) is 23.4 Å². The fourth-order valence-corrected chi connectivity index (χ4v) is 2.90. The zero-order valence-corrected chi connectivity index (χ0v) is 17.7. The number of carbonyl (C=O) groups excluding carboxylic acids is 2. The Kier molecular flexibility index (Phi) is 7.40. The van der Waals surface area contributed by atoms with Crippen molar-refractivity contribution in [1.29, 1.82) is 0 Å². The fraction of sp³-hybridized carbons (Fsp3) is 0.190. The maximum atomic E-state index is 12.3. The van der Waals surface area contributed by atoms with Crippen LogP contribution in [0.3, 0.4) is 0 Å². The van der Waals surface area contributed by atoms with Gasteiger partial charge in [0, 0.05) is 23.7 Å². The van der Waals surface area contributed by atoms with Crippen molar-refractivity contribution in [3.8, 4) is 11.4 Å². The van der Waals surface area contributed by atoms with E-state index in [2.05, 4.69) is 10.4 Å². The Hall–Kier alpha value is -3.92. The molecular weight excluding hydrogens is 440 g/mol. The summed E-state index contributed by atoms with van der Waals surface area (Å²) in [4.78, 5) is 34.8. The normalized spacial score (nSPS) is 10.4. The molecule has 1 amide bonds. The number of nitro benzene ring substituents is 1. The van der Waals surface area contributed by atoms with Crippen molar-refractivity contribution in [2.45, 2.75) is 13.5 Å². The molecule has 0 aliphatic rings. The number of nitrogens with zero attached hydrogens (tertiary/aromatic N) is 3. The van der Waals surface area contributed by atoms with Gasteiger partial charge >= 0.3 is 5.97 Å². The summed E-state index contributed by atoms with van der Waals surface area (Å²) in [6.07, 6.45) is 1.40. The molecule has 166 valence electrons. The number of esters is 1. The summed E-state index contributed by atoms with van der Waals surface area (Å²) in [5, 5.41) is 18.2. The Labute approximate surface area is 187 Å². The minimum Gasteiger partial charge on any atom is -0.480 e. The number of hydrogen-bond acceptors (Lipinski definition) is 7. The van der Waals surface area contributed by atoms with Gasteiger partial charge in [-0.2, -0.15) is 5.10 Å². The molecule has 0 saturated carbocycles. The maximum Gasteiger partial charge on any atom is 0.362 e. The van der Waals surface area contributed by atoms with Crippen molar-refractivity contribution in [3.63, 3.8) is 0 Å². The van der Waals surface area contributed by atoms with Crippen molar-refractivity contribution >= 4 is 29.2 Å². The standard InChI is InChI=1S/C21H19ClN4O6/c1-2-31-21(28)20-18(12-25(24-20)15-7-9-16(10-8-15)26(29)30)32-13-19(27)23-11-14-5-3-4-6-17(14)22/h3-10,12H,2,11,13H2,1H3,(H,23,27). The second kappa shape index (κ2) is 10.4. The minimum absolute atomic E-state index is 0.0368. The molecule has 0 radical (unpaired) electrons. The maximum absolute atomic E-state index is 12.3. The molecule has 1 N–H and O–H groups in total. The average Bonchev–Trinajstić information content (AvgIpc) is 3.22. The number of halogens is 1. The van der Waals surface area contributed by atoms with Crippen LogP contribution in [0.5, 0.6) is 5.75 Å². The van der Waals surface area contributed by atoms with Crippen LogP contribution in [-0.2, 0) is 16.1 Å². The number of hydrogen-bond donors (Lipinski definition) is 1. The van der Waals surface area contributed by atoms with Gasteiger partial charge in [-0.3, -0.25) is 14.9 Å². The van der Waals surface area contributed by atoms with E-state index in [4.69, 9.17) is 21.1 Å². The Morgan fingerprint density at radius 1 is 1.19 bits per heavy atom. The van der Waals surface area contributed by atoms with Crippen LogP contribution in [0.2, 0.25) is 5.02 Å². The smallest absolute Gasteiger partial charge is 0.362 e. The number of carbonyl (C=O) groups is 2. The lowest BCUT2D eigenvalue weighted by Gasteiger charge is -2.08. The monoisotopic (exact) mass is 458 g/mol. The second-order valence-corrected chi connectivity index (χ2v) is 6.84. The molecule has 0 atom stereocenters. The summed E-state index contributed by atoms with van der Waals surface area (Å²) < 4.78 is 11.8. The zero-order valence-electron chi connectivity index (χ0n) is 17.0. The SMILES string of the molecule is CCOC(=O)c1nn(-c2ccc([N+](=O)[O-])cc2)cc1OCC(=O)NCc1ccccc1Cl. The number of nitro groups is 1. The molecule has 0 saturated heterocycles. The molecule has 3 aromatic rings. The molecule has 3 rings (SSSR count). The van der Waals surface area contributed by atoms with Gasteiger partial charge in [0.1, 0.15) is 0 Å². The fourth-order valence-electron chi connectivity index (χ4n) is 2.69. The number of non-ortho nitro benzene ring substituents is 1. The highest BCUT2D eigenvalue weighted by molar-refractivity contribution is 6.31. The van der Waals surface area contributed by atoms with E-state index >= 15 is 0 Å². The van der Waals surface area contributed by atoms with E-state index < -0.39 is 16.8 Å². The average molecular weight is 459 g/mol. The lowest BCUT2D eigenvalue weighted by atomic mass is 10.2. The highest BCUT2D eigenvalue weighted by atomic mass is 35.5. The second-order valence-electron chi connectivity index (χ2n) is 6.44. The van der Waals surface area contributed by atoms with Gasteiger partial charge in [-0.25, -0.2) is 9.48 Å². The van der Waals surface area contributed by atoms with Crippen LogP contribution in [0.25, 0.3) is 5.69 Å². The minimum atomic E-state index is -0.723.